The molecule has 1 amide bonds. The van der Waals surface area contributed by atoms with Crippen LogP contribution in [0.2, 0.25) is 0 Å². The number of aryl methyl sites for hydroxylation is 2. The van der Waals surface area contributed by atoms with Crippen LogP contribution in [0.25, 0.3) is 0 Å². The number of benzene rings is 2. The van der Waals surface area contributed by atoms with Crippen LogP contribution in [0, 0.1) is 0 Å². The summed E-state index contributed by atoms with van der Waals surface area (Å²) in [4.78, 5) is 12.6. The number of amides is 1. The summed E-state index contributed by atoms with van der Waals surface area (Å²) in [6, 6.07) is 14.8. The molecule has 3 rings (SSSR count). The first-order chi connectivity index (χ1) is 14.0. The SMILES string of the molecule is CCc1ccccc1NC(=O)CCc1ccc(S(=O)(=O)N2CCCCCC2)cc1. The lowest BCUT2D eigenvalue weighted by Crippen LogP contribution is -2.31. The molecule has 29 heavy (non-hydrogen) atoms. The van der Waals surface area contributed by atoms with Crippen molar-refractivity contribution in [2.45, 2.75) is 56.8 Å². The number of carbonyl (C=O) groups excluding carboxylic acids is 1. The zero-order chi connectivity index (χ0) is 20.7. The Morgan fingerprint density at radius 2 is 1.62 bits per heavy atom. The Kier molecular flexibility index (Phi) is 7.45. The van der Waals surface area contributed by atoms with E-state index in [1.807, 2.05) is 36.4 Å². The average Bonchev–Trinajstić information content (AvgIpc) is 3.03. The number of nitrogens with one attached hydrogen (secondary N) is 1. The molecule has 0 radical (unpaired) electrons. The Hall–Kier alpha value is -2.18. The quantitative estimate of drug-likeness (QED) is 0.731. The molecule has 0 aliphatic carbocycles. The van der Waals surface area contributed by atoms with Gasteiger partial charge in [0.05, 0.1) is 4.90 Å². The average molecular weight is 415 g/mol. The molecule has 0 bridgehead atoms. The molecule has 0 saturated carbocycles. The van der Waals surface area contributed by atoms with Gasteiger partial charge in [-0.1, -0.05) is 50.1 Å². The van der Waals surface area contributed by atoms with Gasteiger partial charge in [-0.3, -0.25) is 4.79 Å². The highest BCUT2D eigenvalue weighted by Gasteiger charge is 2.24. The highest BCUT2D eigenvalue weighted by molar-refractivity contribution is 7.89. The molecule has 6 heteroatoms. The topological polar surface area (TPSA) is 66.5 Å². The Bertz CT molecular complexity index is 915. The van der Waals surface area contributed by atoms with Gasteiger partial charge in [0.1, 0.15) is 0 Å². The molecule has 1 N–H and O–H groups in total. The number of carbonyl (C=O) groups is 1. The van der Waals surface area contributed by atoms with Crippen molar-refractivity contribution in [3.8, 4) is 0 Å². The standard InChI is InChI=1S/C23H30N2O3S/c1-2-20-9-5-6-10-22(20)24-23(26)16-13-19-11-14-21(15-12-19)29(27,28)25-17-7-3-4-8-18-25/h5-6,9-12,14-15H,2-4,7-8,13,16-18H2,1H3,(H,24,26). The van der Waals surface area contributed by atoms with E-state index in [2.05, 4.69) is 12.2 Å². The smallest absolute Gasteiger partial charge is 0.243 e. The van der Waals surface area contributed by atoms with E-state index in [1.165, 1.54) is 0 Å². The second-order valence-corrected chi connectivity index (χ2v) is 9.46. The van der Waals surface area contributed by atoms with Crippen molar-refractivity contribution < 1.29 is 13.2 Å². The minimum atomic E-state index is -3.43. The molecule has 2 aromatic rings. The lowest BCUT2D eigenvalue weighted by molar-refractivity contribution is -0.116. The van der Waals surface area contributed by atoms with E-state index >= 15 is 0 Å². The Morgan fingerprint density at radius 3 is 2.28 bits per heavy atom. The van der Waals surface area contributed by atoms with Crippen molar-refractivity contribution in [3.05, 3.63) is 59.7 Å². The Labute approximate surface area is 174 Å². The van der Waals surface area contributed by atoms with Crippen LogP contribution in [0.1, 0.15) is 50.2 Å². The summed E-state index contributed by atoms with van der Waals surface area (Å²) in [5.41, 5.74) is 2.93. The second kappa shape index (κ2) is 10.0. The van der Waals surface area contributed by atoms with Gasteiger partial charge < -0.3 is 5.32 Å². The Balaban J connectivity index is 1.58. The van der Waals surface area contributed by atoms with E-state index in [1.54, 1.807) is 16.4 Å². The maximum absolute atomic E-state index is 12.8. The van der Waals surface area contributed by atoms with Gasteiger partial charge in [0.25, 0.3) is 0 Å². The first-order valence-corrected chi connectivity index (χ1v) is 11.9. The van der Waals surface area contributed by atoms with E-state index in [4.69, 9.17) is 0 Å². The lowest BCUT2D eigenvalue weighted by atomic mass is 10.1. The molecule has 1 saturated heterocycles. The molecule has 1 aliphatic rings. The number of para-hydroxylation sites is 1. The minimum absolute atomic E-state index is 0.0350. The predicted molar refractivity (Wildman–Crippen MR) is 116 cm³/mol. The van der Waals surface area contributed by atoms with Crippen molar-refractivity contribution in [1.82, 2.24) is 4.31 Å². The molecule has 1 heterocycles. The summed E-state index contributed by atoms with van der Waals surface area (Å²) in [6.45, 7) is 3.26. The number of sulfonamides is 1. The van der Waals surface area contributed by atoms with Crippen LogP contribution in [0.4, 0.5) is 5.69 Å². The summed E-state index contributed by atoms with van der Waals surface area (Å²) >= 11 is 0. The molecule has 1 fully saturated rings. The lowest BCUT2D eigenvalue weighted by Gasteiger charge is -2.20. The van der Waals surface area contributed by atoms with Gasteiger partial charge >= 0.3 is 0 Å². The van der Waals surface area contributed by atoms with Crippen molar-refractivity contribution >= 4 is 21.6 Å². The van der Waals surface area contributed by atoms with E-state index in [0.717, 1.165) is 48.9 Å². The monoisotopic (exact) mass is 414 g/mol. The highest BCUT2D eigenvalue weighted by Crippen LogP contribution is 2.21. The van der Waals surface area contributed by atoms with Gasteiger partial charge in [-0.15, -0.1) is 0 Å². The predicted octanol–water partition coefficient (Wildman–Crippen LogP) is 4.39. The number of nitrogens with zero attached hydrogens (tertiary/aromatic N) is 1. The van der Waals surface area contributed by atoms with E-state index in [0.29, 0.717) is 30.8 Å². The molecule has 5 nitrogen and oxygen atoms in total. The first-order valence-electron chi connectivity index (χ1n) is 10.5. The fourth-order valence-electron chi connectivity index (χ4n) is 3.68. The van der Waals surface area contributed by atoms with Crippen LogP contribution in [-0.4, -0.2) is 31.7 Å². The van der Waals surface area contributed by atoms with Crippen molar-refractivity contribution in [3.63, 3.8) is 0 Å². The fraction of sp³-hybridized carbons (Fsp3) is 0.435. The number of anilines is 1. The molecule has 156 valence electrons. The largest absolute Gasteiger partial charge is 0.326 e. The number of hydrogen-bond acceptors (Lipinski definition) is 3. The third kappa shape index (κ3) is 5.67. The summed E-state index contributed by atoms with van der Waals surface area (Å²) in [5.74, 6) is -0.0350. The third-order valence-corrected chi connectivity index (χ3v) is 7.35. The highest BCUT2D eigenvalue weighted by atomic mass is 32.2. The minimum Gasteiger partial charge on any atom is -0.326 e. The molecule has 1 aliphatic heterocycles. The van der Waals surface area contributed by atoms with Crippen LogP contribution in [0.3, 0.4) is 0 Å². The molecule has 0 unspecified atom stereocenters. The van der Waals surface area contributed by atoms with E-state index in [9.17, 15) is 13.2 Å². The first kappa shape index (κ1) is 21.5. The third-order valence-electron chi connectivity index (χ3n) is 5.44. The summed E-state index contributed by atoms with van der Waals surface area (Å²) in [7, 11) is -3.43. The van der Waals surface area contributed by atoms with Gasteiger partial charge in [0.2, 0.25) is 15.9 Å². The van der Waals surface area contributed by atoms with Gasteiger partial charge in [0, 0.05) is 25.2 Å². The molecule has 0 aromatic heterocycles. The summed E-state index contributed by atoms with van der Waals surface area (Å²) in [5, 5.41) is 2.97. The van der Waals surface area contributed by atoms with Crippen molar-refractivity contribution in [2.75, 3.05) is 18.4 Å². The normalized spacial score (nSPS) is 15.6. The zero-order valence-electron chi connectivity index (χ0n) is 17.1. The number of hydrogen-bond donors (Lipinski definition) is 1. The van der Waals surface area contributed by atoms with Crippen LogP contribution in [-0.2, 0) is 27.7 Å². The Morgan fingerprint density at radius 1 is 0.966 bits per heavy atom. The fourth-order valence-corrected chi connectivity index (χ4v) is 5.20. The van der Waals surface area contributed by atoms with Gasteiger partial charge in [-0.25, -0.2) is 8.42 Å². The summed E-state index contributed by atoms with van der Waals surface area (Å²) in [6.07, 6.45) is 5.83. The summed E-state index contributed by atoms with van der Waals surface area (Å²) < 4.78 is 27.3. The van der Waals surface area contributed by atoms with E-state index < -0.39 is 10.0 Å². The van der Waals surface area contributed by atoms with Crippen LogP contribution in [0.15, 0.2) is 53.4 Å². The number of rotatable bonds is 7. The van der Waals surface area contributed by atoms with Crippen molar-refractivity contribution in [1.29, 1.82) is 0 Å². The van der Waals surface area contributed by atoms with Crippen LogP contribution >= 0.6 is 0 Å². The molecular formula is C23H30N2O3S. The molecule has 2 aromatic carbocycles. The molecule has 0 atom stereocenters. The molecular weight excluding hydrogens is 384 g/mol. The second-order valence-electron chi connectivity index (χ2n) is 7.52. The van der Waals surface area contributed by atoms with Crippen molar-refractivity contribution in [2.24, 2.45) is 0 Å². The zero-order valence-corrected chi connectivity index (χ0v) is 17.9. The molecule has 0 spiro atoms. The van der Waals surface area contributed by atoms with Crippen LogP contribution in [0.5, 0.6) is 0 Å². The maximum atomic E-state index is 12.8. The van der Waals surface area contributed by atoms with Gasteiger partial charge in [0.15, 0.2) is 0 Å². The maximum Gasteiger partial charge on any atom is 0.243 e. The van der Waals surface area contributed by atoms with E-state index in [-0.39, 0.29) is 5.91 Å². The van der Waals surface area contributed by atoms with Gasteiger partial charge in [-0.2, -0.15) is 4.31 Å². The van der Waals surface area contributed by atoms with Gasteiger partial charge in [-0.05, 0) is 55.0 Å². The van der Waals surface area contributed by atoms with Crippen LogP contribution < -0.4 is 5.32 Å².